The van der Waals surface area contributed by atoms with Crippen molar-refractivity contribution < 1.29 is 29.3 Å². The van der Waals surface area contributed by atoms with Crippen molar-refractivity contribution in [2.75, 3.05) is 13.2 Å². The third kappa shape index (κ3) is 4.61. The number of carbonyl (C=O) groups is 2. The first-order valence-electron chi connectivity index (χ1n) is 8.97. The first kappa shape index (κ1) is 19.7. The van der Waals surface area contributed by atoms with E-state index in [2.05, 4.69) is 5.32 Å². The molecule has 1 atom stereocenters. The fourth-order valence-corrected chi connectivity index (χ4v) is 3.03. The van der Waals surface area contributed by atoms with E-state index in [0.717, 1.165) is 0 Å². The lowest BCUT2D eigenvalue weighted by Gasteiger charge is -2.32. The molecule has 0 bridgehead atoms. The number of benzene rings is 2. The van der Waals surface area contributed by atoms with E-state index in [1.807, 2.05) is 6.07 Å². The maximum atomic E-state index is 12.2. The number of fused-ring (bicyclic) bond motifs is 1. The molecule has 1 heterocycles. The summed E-state index contributed by atoms with van der Waals surface area (Å²) in [5, 5.41) is 22.8. The zero-order valence-electron chi connectivity index (χ0n) is 15.8. The van der Waals surface area contributed by atoms with Gasteiger partial charge in [-0.1, -0.05) is 30.3 Å². The standard InChI is InChI=1S/C21H23NO6/c1-21(2)10-16(24)20-15(23)8-14(9-18(20)28-21)27-12-19(26)22-11-17(25)13-6-4-3-5-7-13/h3-9,17,23,25H,10-12H2,1-2H3,(H,22,26)/t17-/m0/s1. The minimum Gasteiger partial charge on any atom is -0.507 e. The van der Waals surface area contributed by atoms with E-state index >= 15 is 0 Å². The Labute approximate surface area is 162 Å². The summed E-state index contributed by atoms with van der Waals surface area (Å²) in [6, 6.07) is 11.8. The van der Waals surface area contributed by atoms with Gasteiger partial charge in [0.15, 0.2) is 12.4 Å². The molecule has 3 rings (SSSR count). The Balaban J connectivity index is 1.58. The molecule has 0 radical (unpaired) electrons. The Bertz CT molecular complexity index is 878. The van der Waals surface area contributed by atoms with E-state index < -0.39 is 17.6 Å². The van der Waals surface area contributed by atoms with Gasteiger partial charge in [-0.2, -0.15) is 0 Å². The smallest absolute Gasteiger partial charge is 0.258 e. The largest absolute Gasteiger partial charge is 0.507 e. The van der Waals surface area contributed by atoms with Crippen molar-refractivity contribution in [1.82, 2.24) is 5.32 Å². The van der Waals surface area contributed by atoms with E-state index in [4.69, 9.17) is 9.47 Å². The van der Waals surface area contributed by atoms with Gasteiger partial charge in [-0.25, -0.2) is 0 Å². The second-order valence-corrected chi connectivity index (χ2v) is 7.30. The van der Waals surface area contributed by atoms with Gasteiger partial charge in [-0.15, -0.1) is 0 Å². The van der Waals surface area contributed by atoms with Crippen molar-refractivity contribution in [2.45, 2.75) is 32.0 Å². The number of aromatic hydroxyl groups is 1. The van der Waals surface area contributed by atoms with Crippen LogP contribution in [-0.2, 0) is 4.79 Å². The van der Waals surface area contributed by atoms with Gasteiger partial charge in [0.05, 0.1) is 12.5 Å². The predicted octanol–water partition coefficient (Wildman–Crippen LogP) is 2.36. The van der Waals surface area contributed by atoms with Crippen molar-refractivity contribution in [3.63, 3.8) is 0 Å². The van der Waals surface area contributed by atoms with E-state index in [-0.39, 0.29) is 48.2 Å². The molecule has 0 aliphatic carbocycles. The summed E-state index contributed by atoms with van der Waals surface area (Å²) >= 11 is 0. The molecule has 0 unspecified atom stereocenters. The van der Waals surface area contributed by atoms with E-state index in [1.165, 1.54) is 12.1 Å². The monoisotopic (exact) mass is 385 g/mol. The van der Waals surface area contributed by atoms with Gasteiger partial charge in [-0.05, 0) is 19.4 Å². The number of aliphatic hydroxyl groups excluding tert-OH is 1. The fraction of sp³-hybridized carbons (Fsp3) is 0.333. The van der Waals surface area contributed by atoms with E-state index in [9.17, 15) is 19.8 Å². The highest BCUT2D eigenvalue weighted by atomic mass is 16.5. The molecule has 1 aliphatic heterocycles. The number of carbonyl (C=O) groups excluding carboxylic acids is 2. The SMILES string of the molecule is CC1(C)CC(=O)c2c(O)cc(OCC(=O)NC[C@H](O)c3ccccc3)cc2O1. The average molecular weight is 385 g/mol. The number of ketones is 1. The van der Waals surface area contributed by atoms with Crippen molar-refractivity contribution in [3.8, 4) is 17.2 Å². The minimum atomic E-state index is -0.820. The molecular formula is C21H23NO6. The van der Waals surface area contributed by atoms with Crippen LogP contribution in [0.15, 0.2) is 42.5 Å². The molecule has 0 saturated carbocycles. The van der Waals surface area contributed by atoms with Gasteiger partial charge in [0.1, 0.15) is 28.4 Å². The number of aliphatic hydroxyl groups is 1. The highest BCUT2D eigenvalue weighted by Gasteiger charge is 2.35. The Morgan fingerprint density at radius 2 is 2.00 bits per heavy atom. The molecule has 148 valence electrons. The number of phenolic OH excluding ortho intramolecular Hbond substituents is 1. The third-order valence-electron chi connectivity index (χ3n) is 4.35. The summed E-state index contributed by atoms with van der Waals surface area (Å²) < 4.78 is 11.2. The fourth-order valence-electron chi connectivity index (χ4n) is 3.03. The van der Waals surface area contributed by atoms with Crippen LogP contribution >= 0.6 is 0 Å². The maximum absolute atomic E-state index is 12.2. The van der Waals surface area contributed by atoms with Crippen molar-refractivity contribution in [2.24, 2.45) is 0 Å². The zero-order chi connectivity index (χ0) is 20.3. The molecule has 2 aromatic carbocycles. The summed E-state index contributed by atoms with van der Waals surface area (Å²) in [7, 11) is 0. The van der Waals surface area contributed by atoms with Crippen molar-refractivity contribution in [3.05, 3.63) is 53.6 Å². The zero-order valence-corrected chi connectivity index (χ0v) is 15.8. The molecule has 0 saturated heterocycles. The lowest BCUT2D eigenvalue weighted by Crippen LogP contribution is -2.36. The molecule has 7 heteroatoms. The van der Waals surface area contributed by atoms with Crippen molar-refractivity contribution >= 4 is 11.7 Å². The number of Topliss-reactive ketones (excluding diaryl/α,β-unsaturated/α-hetero) is 1. The molecule has 0 fully saturated rings. The van der Waals surface area contributed by atoms with Gasteiger partial charge in [0.25, 0.3) is 5.91 Å². The molecule has 7 nitrogen and oxygen atoms in total. The summed E-state index contributed by atoms with van der Waals surface area (Å²) in [5.74, 6) is -0.433. The number of amides is 1. The molecule has 3 N–H and O–H groups in total. The molecule has 1 aliphatic rings. The predicted molar refractivity (Wildman–Crippen MR) is 102 cm³/mol. The van der Waals surface area contributed by atoms with Crippen LogP contribution in [0.3, 0.4) is 0 Å². The van der Waals surface area contributed by atoms with Gasteiger partial charge >= 0.3 is 0 Å². The second-order valence-electron chi connectivity index (χ2n) is 7.30. The highest BCUT2D eigenvalue weighted by Crippen LogP contribution is 2.40. The maximum Gasteiger partial charge on any atom is 0.258 e. The normalized spacial score (nSPS) is 15.9. The quantitative estimate of drug-likeness (QED) is 0.705. The Morgan fingerprint density at radius 3 is 2.71 bits per heavy atom. The van der Waals surface area contributed by atoms with Gasteiger partial charge in [0, 0.05) is 18.7 Å². The number of nitrogens with one attached hydrogen (secondary N) is 1. The molecule has 1 amide bonds. The molecule has 2 aromatic rings. The van der Waals surface area contributed by atoms with Crippen LogP contribution < -0.4 is 14.8 Å². The van der Waals surface area contributed by atoms with Gasteiger partial charge in [0.2, 0.25) is 0 Å². The van der Waals surface area contributed by atoms with E-state index in [0.29, 0.717) is 5.56 Å². The Kier molecular flexibility index (Phi) is 5.56. The van der Waals surface area contributed by atoms with Crippen molar-refractivity contribution in [1.29, 1.82) is 0 Å². The number of hydrogen-bond acceptors (Lipinski definition) is 6. The third-order valence-corrected chi connectivity index (χ3v) is 4.35. The van der Waals surface area contributed by atoms with Crippen LogP contribution in [0.5, 0.6) is 17.2 Å². The second kappa shape index (κ2) is 7.90. The molecule has 0 spiro atoms. The summed E-state index contributed by atoms with van der Waals surface area (Å²) in [4.78, 5) is 24.2. The lowest BCUT2D eigenvalue weighted by molar-refractivity contribution is -0.123. The summed E-state index contributed by atoms with van der Waals surface area (Å²) in [5.41, 5.74) is 0.148. The van der Waals surface area contributed by atoms with E-state index in [1.54, 1.807) is 38.1 Å². The summed E-state index contributed by atoms with van der Waals surface area (Å²) in [6.45, 7) is 3.30. The Morgan fingerprint density at radius 1 is 1.29 bits per heavy atom. The number of phenols is 1. The molecule has 0 aromatic heterocycles. The van der Waals surface area contributed by atoms with Gasteiger partial charge in [-0.3, -0.25) is 9.59 Å². The highest BCUT2D eigenvalue weighted by molar-refractivity contribution is 6.03. The van der Waals surface area contributed by atoms with Crippen LogP contribution in [-0.4, -0.2) is 40.7 Å². The van der Waals surface area contributed by atoms with Crippen LogP contribution in [0.2, 0.25) is 0 Å². The Hall–Kier alpha value is -3.06. The first-order valence-corrected chi connectivity index (χ1v) is 8.97. The number of ether oxygens (including phenoxy) is 2. The van der Waals surface area contributed by atoms with Crippen LogP contribution in [0, 0.1) is 0 Å². The van der Waals surface area contributed by atoms with Crippen LogP contribution in [0.25, 0.3) is 0 Å². The van der Waals surface area contributed by atoms with Gasteiger partial charge < -0.3 is 25.0 Å². The number of hydrogen-bond donors (Lipinski definition) is 3. The van der Waals surface area contributed by atoms with Crippen LogP contribution in [0.4, 0.5) is 0 Å². The average Bonchev–Trinajstić information content (AvgIpc) is 2.63. The number of rotatable bonds is 6. The molecular weight excluding hydrogens is 362 g/mol. The van der Waals surface area contributed by atoms with Crippen LogP contribution in [0.1, 0.15) is 42.3 Å². The lowest BCUT2D eigenvalue weighted by atomic mass is 9.92. The first-order chi connectivity index (χ1) is 13.2. The summed E-state index contributed by atoms with van der Waals surface area (Å²) in [6.07, 6.45) is -0.653. The molecule has 28 heavy (non-hydrogen) atoms. The minimum absolute atomic E-state index is 0.0491. The topological polar surface area (TPSA) is 105 Å².